The van der Waals surface area contributed by atoms with E-state index in [-0.39, 0.29) is 18.2 Å². The predicted molar refractivity (Wildman–Crippen MR) is 80.2 cm³/mol. The van der Waals surface area contributed by atoms with E-state index in [0.717, 1.165) is 11.4 Å². The zero-order valence-electron chi connectivity index (χ0n) is 12.3. The van der Waals surface area contributed by atoms with Gasteiger partial charge in [0.05, 0.1) is 11.4 Å². The summed E-state index contributed by atoms with van der Waals surface area (Å²) in [7, 11) is 0. The lowest BCUT2D eigenvalue weighted by Crippen LogP contribution is -2.25. The highest BCUT2D eigenvalue weighted by atomic mass is 16.3. The van der Waals surface area contributed by atoms with Crippen LogP contribution in [0.5, 0.6) is 5.75 Å². The van der Waals surface area contributed by atoms with E-state index in [1.807, 2.05) is 19.9 Å². The third kappa shape index (κ3) is 3.68. The highest BCUT2D eigenvalue weighted by Crippen LogP contribution is 2.16. The number of aromatic hydroxyl groups is 1. The van der Waals surface area contributed by atoms with E-state index in [9.17, 15) is 9.90 Å². The molecule has 21 heavy (non-hydrogen) atoms. The van der Waals surface area contributed by atoms with Gasteiger partial charge in [0.15, 0.2) is 0 Å². The van der Waals surface area contributed by atoms with Crippen molar-refractivity contribution in [1.82, 2.24) is 15.2 Å². The molecule has 110 valence electrons. The van der Waals surface area contributed by atoms with Gasteiger partial charge in [0, 0.05) is 11.3 Å². The average molecular weight is 286 g/mol. The second kappa shape index (κ2) is 6.21. The molecule has 0 spiro atoms. The van der Waals surface area contributed by atoms with E-state index >= 15 is 0 Å². The molecule has 0 atom stereocenters. The van der Waals surface area contributed by atoms with Crippen LogP contribution < -0.4 is 5.43 Å². The number of hydrogen-bond donors (Lipinski definition) is 2. The highest BCUT2D eigenvalue weighted by Gasteiger charge is 2.07. The number of amides is 1. The van der Waals surface area contributed by atoms with Crippen LogP contribution >= 0.6 is 0 Å². The van der Waals surface area contributed by atoms with E-state index in [1.165, 1.54) is 0 Å². The van der Waals surface area contributed by atoms with Gasteiger partial charge in [-0.25, -0.2) is 5.43 Å². The second-order valence-corrected chi connectivity index (χ2v) is 4.83. The summed E-state index contributed by atoms with van der Waals surface area (Å²) in [5.41, 5.74) is 5.38. The SMILES string of the molecule is C/C(=N\NC(=O)Cn1nc(C)cc1C)c1ccccc1O. The molecule has 2 rings (SSSR count). The molecule has 1 aromatic carbocycles. The normalized spacial score (nSPS) is 11.5. The Kier molecular flexibility index (Phi) is 4.37. The van der Waals surface area contributed by atoms with E-state index in [1.54, 1.807) is 35.9 Å². The van der Waals surface area contributed by atoms with Crippen molar-refractivity contribution in [2.75, 3.05) is 0 Å². The summed E-state index contributed by atoms with van der Waals surface area (Å²) in [6.45, 7) is 5.60. The van der Waals surface area contributed by atoms with Crippen LogP contribution in [0.3, 0.4) is 0 Å². The molecule has 0 radical (unpaired) electrons. The Labute approximate surface area is 123 Å². The van der Waals surface area contributed by atoms with Crippen LogP contribution in [0.25, 0.3) is 0 Å². The molecule has 0 fully saturated rings. The highest BCUT2D eigenvalue weighted by molar-refractivity contribution is 6.01. The van der Waals surface area contributed by atoms with Gasteiger partial charge in [-0.05, 0) is 39.0 Å². The number of para-hydroxylation sites is 1. The number of phenolic OH excluding ortho intramolecular Hbond substituents is 1. The van der Waals surface area contributed by atoms with Crippen molar-refractivity contribution < 1.29 is 9.90 Å². The van der Waals surface area contributed by atoms with Crippen LogP contribution in [0.2, 0.25) is 0 Å². The summed E-state index contributed by atoms with van der Waals surface area (Å²) in [6, 6.07) is 8.75. The van der Waals surface area contributed by atoms with Crippen LogP contribution in [0.15, 0.2) is 35.4 Å². The number of nitrogens with one attached hydrogen (secondary N) is 1. The zero-order valence-corrected chi connectivity index (χ0v) is 12.3. The fraction of sp³-hybridized carbons (Fsp3) is 0.267. The van der Waals surface area contributed by atoms with Gasteiger partial charge in [0.1, 0.15) is 12.3 Å². The fourth-order valence-electron chi connectivity index (χ4n) is 1.99. The third-order valence-corrected chi connectivity index (χ3v) is 3.04. The van der Waals surface area contributed by atoms with Gasteiger partial charge < -0.3 is 5.11 Å². The first kappa shape index (κ1) is 14.8. The molecular formula is C15H18N4O2. The minimum absolute atomic E-state index is 0.108. The lowest BCUT2D eigenvalue weighted by molar-refractivity contribution is -0.121. The summed E-state index contributed by atoms with van der Waals surface area (Å²) in [6.07, 6.45) is 0. The Bertz CT molecular complexity index is 689. The van der Waals surface area contributed by atoms with Gasteiger partial charge in [-0.15, -0.1) is 0 Å². The van der Waals surface area contributed by atoms with E-state index in [0.29, 0.717) is 11.3 Å². The van der Waals surface area contributed by atoms with Crippen molar-refractivity contribution in [3.8, 4) is 5.75 Å². The topological polar surface area (TPSA) is 79.5 Å². The quantitative estimate of drug-likeness (QED) is 0.663. The number of aromatic nitrogens is 2. The van der Waals surface area contributed by atoms with Crippen LogP contribution in [0, 0.1) is 13.8 Å². The van der Waals surface area contributed by atoms with Crippen LogP contribution in [-0.2, 0) is 11.3 Å². The van der Waals surface area contributed by atoms with Crippen molar-refractivity contribution in [3.63, 3.8) is 0 Å². The summed E-state index contributed by atoms with van der Waals surface area (Å²) in [5, 5.41) is 17.9. The molecule has 0 saturated carbocycles. The summed E-state index contributed by atoms with van der Waals surface area (Å²) in [5.74, 6) is -0.137. The molecule has 0 bridgehead atoms. The largest absolute Gasteiger partial charge is 0.507 e. The van der Waals surface area contributed by atoms with Gasteiger partial charge in [0.2, 0.25) is 0 Å². The predicted octanol–water partition coefficient (Wildman–Crippen LogP) is 1.75. The Hall–Kier alpha value is -2.63. The first-order chi connectivity index (χ1) is 9.97. The van der Waals surface area contributed by atoms with Gasteiger partial charge in [0.25, 0.3) is 5.91 Å². The van der Waals surface area contributed by atoms with E-state index in [4.69, 9.17) is 0 Å². The molecule has 6 heteroatoms. The molecule has 1 aromatic heterocycles. The Balaban J connectivity index is 2.02. The monoisotopic (exact) mass is 286 g/mol. The minimum Gasteiger partial charge on any atom is -0.507 e. The first-order valence-corrected chi connectivity index (χ1v) is 6.60. The molecule has 2 aromatic rings. The molecule has 1 heterocycles. The average Bonchev–Trinajstić information content (AvgIpc) is 2.74. The van der Waals surface area contributed by atoms with Crippen molar-refractivity contribution in [2.45, 2.75) is 27.3 Å². The van der Waals surface area contributed by atoms with Gasteiger partial charge in [-0.1, -0.05) is 12.1 Å². The number of hydrogen-bond acceptors (Lipinski definition) is 4. The van der Waals surface area contributed by atoms with Crippen molar-refractivity contribution in [1.29, 1.82) is 0 Å². The third-order valence-electron chi connectivity index (χ3n) is 3.04. The summed E-state index contributed by atoms with van der Waals surface area (Å²) in [4.78, 5) is 11.9. The van der Waals surface area contributed by atoms with Crippen LogP contribution in [-0.4, -0.2) is 26.5 Å². The van der Waals surface area contributed by atoms with Crippen LogP contribution in [0.1, 0.15) is 23.9 Å². The van der Waals surface area contributed by atoms with Gasteiger partial charge in [-0.2, -0.15) is 10.2 Å². The number of carbonyl (C=O) groups excluding carboxylic acids is 1. The molecule has 2 N–H and O–H groups in total. The molecule has 0 aliphatic carbocycles. The number of aryl methyl sites for hydroxylation is 2. The van der Waals surface area contributed by atoms with Crippen molar-refractivity contribution in [3.05, 3.63) is 47.3 Å². The zero-order chi connectivity index (χ0) is 15.4. The maximum Gasteiger partial charge on any atom is 0.261 e. The van der Waals surface area contributed by atoms with Crippen LogP contribution in [0.4, 0.5) is 0 Å². The Morgan fingerprint density at radius 2 is 2.10 bits per heavy atom. The standard InChI is InChI=1S/C15H18N4O2/c1-10-8-11(2)19(18-10)9-15(21)17-16-12(3)13-6-4-5-7-14(13)20/h4-8,20H,9H2,1-3H3,(H,17,21)/b16-12+. The molecule has 0 saturated heterocycles. The molecule has 6 nitrogen and oxygen atoms in total. The van der Waals surface area contributed by atoms with Gasteiger partial charge in [-0.3, -0.25) is 9.48 Å². The lowest BCUT2D eigenvalue weighted by atomic mass is 10.1. The molecule has 0 aliphatic rings. The Morgan fingerprint density at radius 3 is 2.71 bits per heavy atom. The first-order valence-electron chi connectivity index (χ1n) is 6.60. The number of rotatable bonds is 4. The summed E-state index contributed by atoms with van der Waals surface area (Å²) >= 11 is 0. The second-order valence-electron chi connectivity index (χ2n) is 4.83. The lowest BCUT2D eigenvalue weighted by Gasteiger charge is -2.06. The smallest absolute Gasteiger partial charge is 0.261 e. The molecule has 0 aliphatic heterocycles. The molecular weight excluding hydrogens is 268 g/mol. The van der Waals surface area contributed by atoms with E-state index < -0.39 is 0 Å². The molecule has 1 amide bonds. The van der Waals surface area contributed by atoms with E-state index in [2.05, 4.69) is 15.6 Å². The Morgan fingerprint density at radius 1 is 1.38 bits per heavy atom. The maximum atomic E-state index is 11.9. The molecule has 0 unspecified atom stereocenters. The van der Waals surface area contributed by atoms with Crippen molar-refractivity contribution in [2.24, 2.45) is 5.10 Å². The number of nitrogens with zero attached hydrogens (tertiary/aromatic N) is 3. The number of phenols is 1. The minimum atomic E-state index is -0.268. The fourth-order valence-corrected chi connectivity index (χ4v) is 1.99. The van der Waals surface area contributed by atoms with Gasteiger partial charge >= 0.3 is 0 Å². The summed E-state index contributed by atoms with van der Waals surface area (Å²) < 4.78 is 1.62. The number of carbonyl (C=O) groups is 1. The number of hydrazone groups is 1. The van der Waals surface area contributed by atoms with Crippen molar-refractivity contribution >= 4 is 11.6 Å². The maximum absolute atomic E-state index is 11.9. The number of benzene rings is 1.